The van der Waals surface area contributed by atoms with Crippen LogP contribution in [0.4, 0.5) is 5.82 Å². The first kappa shape index (κ1) is 28.2. The Labute approximate surface area is 196 Å². The van der Waals surface area contributed by atoms with Crippen molar-refractivity contribution in [3.8, 4) is 0 Å². The molecule has 0 bridgehead atoms. The molecule has 0 aromatic carbocycles. The van der Waals surface area contributed by atoms with Crippen LogP contribution in [0.2, 0.25) is 0 Å². The molecule has 0 aliphatic carbocycles. The summed E-state index contributed by atoms with van der Waals surface area (Å²) in [6, 6.07) is -0.634. The van der Waals surface area contributed by atoms with E-state index in [1.165, 1.54) is 10.9 Å². The molecule has 7 atom stereocenters. The van der Waals surface area contributed by atoms with E-state index in [-0.39, 0.29) is 23.4 Å². The Kier molecular flexibility index (Phi) is 7.90. The molecule has 35 heavy (non-hydrogen) atoms. The fourth-order valence-corrected chi connectivity index (χ4v) is 6.56. The van der Waals surface area contributed by atoms with Crippen molar-refractivity contribution in [1.29, 1.82) is 0 Å². The summed E-state index contributed by atoms with van der Waals surface area (Å²) in [5.74, 6) is 0.0157. The van der Waals surface area contributed by atoms with Gasteiger partial charge in [0, 0.05) is 12.5 Å². The summed E-state index contributed by atoms with van der Waals surface area (Å²) >= 11 is 0. The second kappa shape index (κ2) is 9.81. The van der Waals surface area contributed by atoms with Gasteiger partial charge in [0.25, 0.3) is 0 Å². The van der Waals surface area contributed by atoms with Crippen LogP contribution in [0.5, 0.6) is 0 Å². The molecule has 2 aromatic rings. The average Bonchev–Trinajstić information content (AvgIpc) is 3.20. The Balaban J connectivity index is 1.86. The summed E-state index contributed by atoms with van der Waals surface area (Å²) in [5, 5.41) is 21.5. The first-order valence-corrected chi connectivity index (χ1v) is 14.0. The maximum Gasteiger partial charge on any atom is 0.490 e. The van der Waals surface area contributed by atoms with Gasteiger partial charge in [-0.3, -0.25) is 9.09 Å². The number of nitrogens with zero attached hydrogens (tertiary/aromatic N) is 4. The number of rotatable bonds is 10. The summed E-state index contributed by atoms with van der Waals surface area (Å²) in [5.41, 5.74) is 10.1. The van der Waals surface area contributed by atoms with Crippen LogP contribution in [0.25, 0.3) is 11.2 Å². The highest BCUT2D eigenvalue weighted by Crippen LogP contribution is 2.66. The van der Waals surface area contributed by atoms with E-state index in [0.717, 1.165) is 6.33 Å². The zero-order valence-electron chi connectivity index (χ0n) is 17.7. The number of nitrogens with two attached hydrogens (primary N) is 2. The Bertz CT molecular complexity index is 1220. The summed E-state index contributed by atoms with van der Waals surface area (Å²) < 4.78 is 53.1. The van der Waals surface area contributed by atoms with E-state index in [1.807, 2.05) is 0 Å². The number of fused-ring (bicyclic) bond motifs is 1. The molecule has 22 heteroatoms. The number of ether oxygens (including phenoxy) is 1. The van der Waals surface area contributed by atoms with E-state index in [0.29, 0.717) is 0 Å². The van der Waals surface area contributed by atoms with Crippen molar-refractivity contribution in [3.63, 3.8) is 0 Å². The van der Waals surface area contributed by atoms with E-state index in [4.69, 9.17) is 26.0 Å². The number of aromatic nitrogens is 4. The molecular weight excluding hydrogens is 541 g/mol. The van der Waals surface area contributed by atoms with Crippen LogP contribution in [-0.2, 0) is 37.3 Å². The first-order valence-electron chi connectivity index (χ1n) is 9.48. The van der Waals surface area contributed by atoms with Crippen LogP contribution >= 0.6 is 23.5 Å². The van der Waals surface area contributed by atoms with E-state index < -0.39 is 60.2 Å². The van der Waals surface area contributed by atoms with Crippen LogP contribution in [0.15, 0.2) is 12.7 Å². The Hall–Kier alpha value is -1.40. The van der Waals surface area contributed by atoms with E-state index >= 15 is 0 Å². The number of aliphatic hydroxyl groups excluding tert-OH is 2. The van der Waals surface area contributed by atoms with Crippen molar-refractivity contribution in [2.24, 2.45) is 5.73 Å². The highest BCUT2D eigenvalue weighted by molar-refractivity contribution is 7.66. The number of phosphoric ester groups is 1. The molecule has 10 N–H and O–H groups in total. The molecule has 0 radical (unpaired) electrons. The molecule has 0 amide bonds. The topological polar surface area (TPSA) is 305 Å². The van der Waals surface area contributed by atoms with Crippen molar-refractivity contribution in [2.45, 2.75) is 43.4 Å². The van der Waals surface area contributed by atoms with Crippen LogP contribution in [-0.4, -0.2) is 80.3 Å². The summed E-state index contributed by atoms with van der Waals surface area (Å²) in [6.45, 7) is 0.568. The minimum absolute atomic E-state index is 0.0157. The minimum atomic E-state index is -5.75. The van der Waals surface area contributed by atoms with Crippen molar-refractivity contribution < 1.29 is 61.4 Å². The molecule has 0 saturated carbocycles. The standard InChI is InChI=1S/C13H23N6O13P3/c1-6(14)2-13(19-5-18-8-11(15)16-4-17-12(8)19)10(21)9(20)7(30-13)3-29-34(25,26)32-35(27,28)31-33(22,23)24/h4-7,9-10,20-21H,2-3,14H2,1H3,(H,25,26)(H,27,28)(H2,15,16,17)(H2,22,23,24)/t6?,7-,9-,10-,13-/m1/s1. The zero-order chi connectivity index (χ0) is 26.4. The fourth-order valence-electron chi connectivity index (χ4n) is 3.53. The number of aliphatic hydroxyl groups is 2. The van der Waals surface area contributed by atoms with Gasteiger partial charge in [0.2, 0.25) is 0 Å². The minimum Gasteiger partial charge on any atom is -0.387 e. The van der Waals surface area contributed by atoms with Crippen molar-refractivity contribution in [2.75, 3.05) is 12.3 Å². The van der Waals surface area contributed by atoms with Gasteiger partial charge in [0.05, 0.1) is 12.9 Å². The van der Waals surface area contributed by atoms with Gasteiger partial charge >= 0.3 is 23.5 Å². The van der Waals surface area contributed by atoms with Crippen LogP contribution in [0.1, 0.15) is 13.3 Å². The van der Waals surface area contributed by atoms with Gasteiger partial charge in [0.15, 0.2) is 17.2 Å². The van der Waals surface area contributed by atoms with Gasteiger partial charge in [0.1, 0.15) is 30.2 Å². The average molecular weight is 564 g/mol. The number of anilines is 1. The Morgan fingerprint density at radius 1 is 1.14 bits per heavy atom. The summed E-state index contributed by atoms with van der Waals surface area (Å²) in [6.07, 6.45) is -2.84. The molecule has 1 saturated heterocycles. The molecule has 3 rings (SSSR count). The third kappa shape index (κ3) is 6.30. The molecular formula is C13H23N6O13P3. The van der Waals surface area contributed by atoms with E-state index in [9.17, 15) is 33.7 Å². The van der Waals surface area contributed by atoms with Gasteiger partial charge in [-0.1, -0.05) is 0 Å². The van der Waals surface area contributed by atoms with Gasteiger partial charge in [-0.2, -0.15) is 8.62 Å². The highest BCUT2D eigenvalue weighted by atomic mass is 31.3. The number of hydrogen-bond acceptors (Lipinski definition) is 14. The zero-order valence-corrected chi connectivity index (χ0v) is 20.4. The lowest BCUT2D eigenvalue weighted by Gasteiger charge is -2.35. The van der Waals surface area contributed by atoms with Gasteiger partial charge < -0.3 is 46.0 Å². The van der Waals surface area contributed by atoms with Crippen LogP contribution in [0.3, 0.4) is 0 Å². The number of hydrogen-bond donors (Lipinski definition) is 8. The van der Waals surface area contributed by atoms with Crippen molar-refractivity contribution in [3.05, 3.63) is 12.7 Å². The second-order valence-corrected chi connectivity index (χ2v) is 12.0. The smallest absolute Gasteiger partial charge is 0.387 e. The van der Waals surface area contributed by atoms with Gasteiger partial charge in [-0.05, 0) is 6.92 Å². The molecule has 198 valence electrons. The normalized spacial score (nSPS) is 29.7. The molecule has 3 unspecified atom stereocenters. The van der Waals surface area contributed by atoms with Crippen LogP contribution < -0.4 is 11.5 Å². The highest BCUT2D eigenvalue weighted by Gasteiger charge is 2.57. The monoisotopic (exact) mass is 564 g/mol. The third-order valence-corrected chi connectivity index (χ3v) is 8.53. The van der Waals surface area contributed by atoms with Gasteiger partial charge in [-0.15, -0.1) is 0 Å². The SMILES string of the molecule is CC(N)C[C@@]1(n2cnc3c(N)ncnc32)O[C@H](COP(=O)(O)OP(=O)(O)OP(=O)(O)O)[C@@H](O)[C@H]1O. The predicted molar refractivity (Wildman–Crippen MR) is 113 cm³/mol. The molecule has 0 spiro atoms. The Morgan fingerprint density at radius 3 is 2.40 bits per heavy atom. The third-order valence-electron chi connectivity index (χ3n) is 4.72. The number of nitrogen functional groups attached to an aromatic ring is 1. The lowest BCUT2D eigenvalue weighted by atomic mass is 9.96. The maximum absolute atomic E-state index is 12.0. The lowest BCUT2D eigenvalue weighted by Crippen LogP contribution is -2.48. The fraction of sp³-hybridized carbons (Fsp3) is 0.615. The molecule has 1 aliphatic rings. The quantitative estimate of drug-likeness (QED) is 0.148. The Morgan fingerprint density at radius 2 is 1.80 bits per heavy atom. The second-order valence-electron chi connectivity index (χ2n) is 7.55. The van der Waals surface area contributed by atoms with Gasteiger partial charge in [-0.25, -0.2) is 28.6 Å². The maximum atomic E-state index is 12.0. The van der Waals surface area contributed by atoms with E-state index in [2.05, 4.69) is 28.1 Å². The number of phosphoric acid groups is 3. The summed E-state index contributed by atoms with van der Waals surface area (Å²) in [4.78, 5) is 48.0. The first-order chi connectivity index (χ1) is 16.0. The number of imidazole rings is 1. The largest absolute Gasteiger partial charge is 0.490 e. The predicted octanol–water partition coefficient (Wildman–Crippen LogP) is -1.74. The van der Waals surface area contributed by atoms with Crippen LogP contribution in [0, 0.1) is 0 Å². The molecule has 1 aliphatic heterocycles. The van der Waals surface area contributed by atoms with Crippen molar-refractivity contribution in [1.82, 2.24) is 19.5 Å². The molecule has 1 fully saturated rings. The lowest BCUT2D eigenvalue weighted by molar-refractivity contribution is -0.152. The molecule has 2 aromatic heterocycles. The summed E-state index contributed by atoms with van der Waals surface area (Å²) in [7, 11) is -16.8. The molecule has 3 heterocycles. The van der Waals surface area contributed by atoms with Crippen molar-refractivity contribution >= 4 is 40.4 Å². The molecule has 19 nitrogen and oxygen atoms in total. The van der Waals surface area contributed by atoms with E-state index in [1.54, 1.807) is 6.92 Å².